The van der Waals surface area contributed by atoms with Crippen LogP contribution in [0.15, 0.2) is 42.6 Å². The number of anilines is 1. The summed E-state index contributed by atoms with van der Waals surface area (Å²) in [5.74, 6) is -0.213. The third-order valence-electron chi connectivity index (χ3n) is 3.32. The number of nitrogens with one attached hydrogen (secondary N) is 1. The van der Waals surface area contributed by atoms with Crippen molar-refractivity contribution in [3.05, 3.63) is 54.0 Å². The van der Waals surface area contributed by atoms with Crippen molar-refractivity contribution in [3.8, 4) is 0 Å². The van der Waals surface area contributed by atoms with Gasteiger partial charge in [-0.05, 0) is 44.2 Å². The van der Waals surface area contributed by atoms with Crippen LogP contribution in [0.3, 0.4) is 0 Å². The first-order valence-corrected chi connectivity index (χ1v) is 6.88. The molecule has 3 rings (SSSR count). The number of amides is 1. The van der Waals surface area contributed by atoms with E-state index in [-0.39, 0.29) is 5.91 Å². The average Bonchev–Trinajstić information content (AvgIpc) is 2.96. The molecule has 0 aliphatic heterocycles. The second-order valence-corrected chi connectivity index (χ2v) is 4.84. The first-order chi connectivity index (χ1) is 10.2. The van der Waals surface area contributed by atoms with E-state index in [0.29, 0.717) is 5.69 Å². The summed E-state index contributed by atoms with van der Waals surface area (Å²) in [5.41, 5.74) is 2.98. The lowest BCUT2D eigenvalue weighted by Gasteiger charge is -2.07. The van der Waals surface area contributed by atoms with E-state index in [1.165, 1.54) is 0 Å². The summed E-state index contributed by atoms with van der Waals surface area (Å²) in [7, 11) is 0. The fourth-order valence-electron chi connectivity index (χ4n) is 2.21. The van der Waals surface area contributed by atoms with Crippen molar-refractivity contribution >= 4 is 22.5 Å². The second-order valence-electron chi connectivity index (χ2n) is 4.84. The highest BCUT2D eigenvalue weighted by Crippen LogP contribution is 2.22. The molecule has 5 nitrogen and oxygen atoms in total. The van der Waals surface area contributed by atoms with E-state index in [4.69, 9.17) is 0 Å². The fourth-order valence-corrected chi connectivity index (χ4v) is 2.21. The summed E-state index contributed by atoms with van der Waals surface area (Å²) in [6, 6.07) is 11.3. The molecule has 3 aromatic rings. The van der Waals surface area contributed by atoms with Crippen LogP contribution >= 0.6 is 0 Å². The molecule has 0 aliphatic carbocycles. The minimum Gasteiger partial charge on any atom is -0.320 e. The van der Waals surface area contributed by atoms with Gasteiger partial charge in [0.25, 0.3) is 5.91 Å². The highest BCUT2D eigenvalue weighted by Gasteiger charge is 2.11. The molecule has 21 heavy (non-hydrogen) atoms. The Labute approximate surface area is 122 Å². The van der Waals surface area contributed by atoms with E-state index in [0.717, 1.165) is 28.8 Å². The predicted molar refractivity (Wildman–Crippen MR) is 82.3 cm³/mol. The number of carbonyl (C=O) groups is 1. The van der Waals surface area contributed by atoms with Crippen molar-refractivity contribution in [1.29, 1.82) is 0 Å². The SMILES string of the molecule is CCn1ccc(C(=O)Nc2cccc3nc(C)ccc23)n1. The van der Waals surface area contributed by atoms with Gasteiger partial charge in [0.05, 0.1) is 11.2 Å². The van der Waals surface area contributed by atoms with Crippen LogP contribution in [-0.4, -0.2) is 20.7 Å². The van der Waals surface area contributed by atoms with Crippen LogP contribution < -0.4 is 5.32 Å². The maximum Gasteiger partial charge on any atom is 0.276 e. The van der Waals surface area contributed by atoms with Crippen LogP contribution in [0.1, 0.15) is 23.1 Å². The monoisotopic (exact) mass is 280 g/mol. The van der Waals surface area contributed by atoms with Gasteiger partial charge in [0.15, 0.2) is 5.69 Å². The number of aryl methyl sites for hydroxylation is 2. The van der Waals surface area contributed by atoms with Crippen LogP contribution in [0, 0.1) is 6.92 Å². The number of carbonyl (C=O) groups excluding carboxylic acids is 1. The molecule has 106 valence electrons. The normalized spacial score (nSPS) is 10.8. The van der Waals surface area contributed by atoms with Gasteiger partial charge in [-0.1, -0.05) is 6.07 Å². The fraction of sp³-hybridized carbons (Fsp3) is 0.188. The molecular weight excluding hydrogens is 264 g/mol. The molecule has 0 aliphatic rings. The standard InChI is InChI=1S/C16H16N4O/c1-3-20-10-9-15(19-20)16(21)18-14-6-4-5-13-12(14)8-7-11(2)17-13/h4-10H,3H2,1-2H3,(H,18,21). The Bertz CT molecular complexity index is 807. The van der Waals surface area contributed by atoms with Crippen LogP contribution in [-0.2, 0) is 6.54 Å². The van der Waals surface area contributed by atoms with Gasteiger partial charge in [0.2, 0.25) is 0 Å². The number of benzene rings is 1. The van der Waals surface area contributed by atoms with Crippen molar-refractivity contribution in [2.24, 2.45) is 0 Å². The third kappa shape index (κ3) is 2.63. The summed E-state index contributed by atoms with van der Waals surface area (Å²) in [6.45, 7) is 4.67. The predicted octanol–water partition coefficient (Wildman–Crippen LogP) is 3.01. The molecule has 5 heteroatoms. The zero-order valence-corrected chi connectivity index (χ0v) is 12.0. The number of nitrogens with zero attached hydrogens (tertiary/aromatic N) is 3. The highest BCUT2D eigenvalue weighted by atomic mass is 16.1. The zero-order chi connectivity index (χ0) is 14.8. The number of aromatic nitrogens is 3. The summed E-state index contributed by atoms with van der Waals surface area (Å²) in [6.07, 6.45) is 1.79. The first-order valence-electron chi connectivity index (χ1n) is 6.88. The first kappa shape index (κ1) is 13.3. The summed E-state index contributed by atoms with van der Waals surface area (Å²) < 4.78 is 1.73. The Morgan fingerprint density at radius 3 is 2.86 bits per heavy atom. The van der Waals surface area contributed by atoms with Gasteiger partial charge in [-0.3, -0.25) is 14.5 Å². The molecule has 0 atom stereocenters. The molecule has 1 aromatic carbocycles. The smallest absolute Gasteiger partial charge is 0.276 e. The van der Waals surface area contributed by atoms with E-state index in [1.54, 1.807) is 16.9 Å². The molecule has 1 amide bonds. The van der Waals surface area contributed by atoms with Gasteiger partial charge >= 0.3 is 0 Å². The summed E-state index contributed by atoms with van der Waals surface area (Å²) >= 11 is 0. The van der Waals surface area contributed by atoms with Crippen molar-refractivity contribution in [2.45, 2.75) is 20.4 Å². The summed E-state index contributed by atoms with van der Waals surface area (Å²) in [5, 5.41) is 8.03. The Hall–Kier alpha value is -2.69. The molecule has 0 radical (unpaired) electrons. The number of rotatable bonds is 3. The van der Waals surface area contributed by atoms with Crippen molar-refractivity contribution in [2.75, 3.05) is 5.32 Å². The van der Waals surface area contributed by atoms with E-state index in [9.17, 15) is 4.79 Å². The minimum atomic E-state index is -0.213. The molecule has 0 fully saturated rings. The second kappa shape index (κ2) is 5.36. The molecule has 2 aromatic heterocycles. The van der Waals surface area contributed by atoms with E-state index >= 15 is 0 Å². The maximum atomic E-state index is 12.2. The molecule has 1 N–H and O–H groups in total. The lowest BCUT2D eigenvalue weighted by molar-refractivity contribution is 0.102. The van der Waals surface area contributed by atoms with E-state index < -0.39 is 0 Å². The maximum absolute atomic E-state index is 12.2. The lowest BCUT2D eigenvalue weighted by Crippen LogP contribution is -2.13. The quantitative estimate of drug-likeness (QED) is 0.802. The largest absolute Gasteiger partial charge is 0.320 e. The third-order valence-corrected chi connectivity index (χ3v) is 3.32. The van der Waals surface area contributed by atoms with Gasteiger partial charge in [0.1, 0.15) is 0 Å². The highest BCUT2D eigenvalue weighted by molar-refractivity contribution is 6.07. The van der Waals surface area contributed by atoms with Crippen LogP contribution in [0.25, 0.3) is 10.9 Å². The number of pyridine rings is 1. The lowest BCUT2D eigenvalue weighted by atomic mass is 10.1. The average molecular weight is 280 g/mol. The van der Waals surface area contributed by atoms with Crippen molar-refractivity contribution in [3.63, 3.8) is 0 Å². The molecule has 0 unspecified atom stereocenters. The van der Waals surface area contributed by atoms with Gasteiger partial charge < -0.3 is 5.32 Å². The molecule has 2 heterocycles. The Kier molecular flexibility index (Phi) is 3.39. The van der Waals surface area contributed by atoms with Crippen molar-refractivity contribution in [1.82, 2.24) is 14.8 Å². The molecular formula is C16H16N4O. The van der Waals surface area contributed by atoms with Crippen LogP contribution in [0.4, 0.5) is 5.69 Å². The zero-order valence-electron chi connectivity index (χ0n) is 12.0. The van der Waals surface area contributed by atoms with Crippen LogP contribution in [0.2, 0.25) is 0 Å². The number of hydrogen-bond donors (Lipinski definition) is 1. The van der Waals surface area contributed by atoms with Gasteiger partial charge in [-0.15, -0.1) is 0 Å². The van der Waals surface area contributed by atoms with Gasteiger partial charge in [-0.25, -0.2) is 0 Å². The van der Waals surface area contributed by atoms with Crippen molar-refractivity contribution < 1.29 is 4.79 Å². The summed E-state index contributed by atoms with van der Waals surface area (Å²) in [4.78, 5) is 16.7. The van der Waals surface area contributed by atoms with E-state index in [1.807, 2.05) is 44.2 Å². The van der Waals surface area contributed by atoms with Gasteiger partial charge in [-0.2, -0.15) is 5.10 Å². The number of fused-ring (bicyclic) bond motifs is 1. The Morgan fingerprint density at radius 1 is 1.24 bits per heavy atom. The molecule has 0 saturated carbocycles. The van der Waals surface area contributed by atoms with E-state index in [2.05, 4.69) is 15.4 Å². The Morgan fingerprint density at radius 2 is 2.10 bits per heavy atom. The molecule has 0 spiro atoms. The van der Waals surface area contributed by atoms with Gasteiger partial charge in [0, 0.05) is 23.8 Å². The van der Waals surface area contributed by atoms with Crippen LogP contribution in [0.5, 0.6) is 0 Å². The molecule has 0 saturated heterocycles. The Balaban J connectivity index is 1.92. The minimum absolute atomic E-state index is 0.213. The number of hydrogen-bond acceptors (Lipinski definition) is 3. The molecule has 0 bridgehead atoms. The topological polar surface area (TPSA) is 59.8 Å².